The lowest BCUT2D eigenvalue weighted by Gasteiger charge is -2.00. The molecule has 88 valence electrons. The van der Waals surface area contributed by atoms with Gasteiger partial charge in [0.1, 0.15) is 17.2 Å². The van der Waals surface area contributed by atoms with Gasteiger partial charge in [0.05, 0.1) is 5.69 Å². The first-order valence-corrected chi connectivity index (χ1v) is 4.78. The highest BCUT2D eigenvalue weighted by Crippen LogP contribution is 2.31. The molecule has 0 bridgehead atoms. The topological polar surface area (TPSA) is 95.6 Å². The van der Waals surface area contributed by atoms with E-state index in [9.17, 15) is 9.90 Å². The molecular formula is C11H10N2O4. The Bertz CT molecular complexity index is 589. The summed E-state index contributed by atoms with van der Waals surface area (Å²) in [5.41, 5.74) is 0.723. The molecule has 0 fully saturated rings. The van der Waals surface area contributed by atoms with Gasteiger partial charge in [-0.15, -0.1) is 0 Å². The number of aromatic carboxylic acids is 1. The lowest BCUT2D eigenvalue weighted by molar-refractivity contribution is 0.0685. The van der Waals surface area contributed by atoms with Crippen molar-refractivity contribution in [2.45, 2.75) is 0 Å². The van der Waals surface area contributed by atoms with Crippen molar-refractivity contribution in [1.82, 2.24) is 9.78 Å². The summed E-state index contributed by atoms with van der Waals surface area (Å²) >= 11 is 0. The third-order valence-corrected chi connectivity index (χ3v) is 2.36. The van der Waals surface area contributed by atoms with Gasteiger partial charge in [-0.3, -0.25) is 4.68 Å². The van der Waals surface area contributed by atoms with E-state index in [-0.39, 0.29) is 17.2 Å². The summed E-state index contributed by atoms with van der Waals surface area (Å²) < 4.78 is 1.21. The molecule has 0 saturated carbocycles. The number of benzene rings is 1. The number of aromatic hydroxyl groups is 2. The number of aryl methyl sites for hydroxylation is 1. The molecule has 0 saturated heterocycles. The molecule has 0 aliphatic carbocycles. The molecule has 1 heterocycles. The van der Waals surface area contributed by atoms with Gasteiger partial charge in [0.2, 0.25) is 0 Å². The van der Waals surface area contributed by atoms with Crippen molar-refractivity contribution >= 4 is 5.97 Å². The lowest BCUT2D eigenvalue weighted by Crippen LogP contribution is -2.04. The Morgan fingerprint density at radius 2 is 2.00 bits per heavy atom. The number of hydrogen-bond donors (Lipinski definition) is 3. The van der Waals surface area contributed by atoms with Crippen LogP contribution in [0.1, 0.15) is 10.5 Å². The molecule has 0 amide bonds. The molecule has 6 heteroatoms. The van der Waals surface area contributed by atoms with E-state index >= 15 is 0 Å². The van der Waals surface area contributed by atoms with Crippen molar-refractivity contribution < 1.29 is 20.1 Å². The third kappa shape index (κ3) is 1.92. The van der Waals surface area contributed by atoms with Crippen LogP contribution >= 0.6 is 0 Å². The smallest absolute Gasteiger partial charge is 0.354 e. The molecule has 0 radical (unpaired) electrons. The highest BCUT2D eigenvalue weighted by atomic mass is 16.4. The number of hydrogen-bond acceptors (Lipinski definition) is 4. The molecule has 2 aromatic rings. The van der Waals surface area contributed by atoms with E-state index in [0.717, 1.165) is 0 Å². The molecule has 1 aromatic heterocycles. The minimum atomic E-state index is -1.09. The summed E-state index contributed by atoms with van der Waals surface area (Å²) in [7, 11) is 1.50. The molecule has 17 heavy (non-hydrogen) atoms. The Kier molecular flexibility index (Phi) is 2.47. The van der Waals surface area contributed by atoms with Crippen LogP contribution in [0.5, 0.6) is 11.5 Å². The van der Waals surface area contributed by atoms with E-state index in [0.29, 0.717) is 11.3 Å². The van der Waals surface area contributed by atoms with Crippen LogP contribution in [0.15, 0.2) is 24.3 Å². The molecule has 1 aromatic carbocycles. The number of carbonyl (C=O) groups is 1. The Morgan fingerprint density at radius 1 is 1.29 bits per heavy atom. The van der Waals surface area contributed by atoms with Crippen LogP contribution < -0.4 is 0 Å². The molecule has 2 rings (SSSR count). The van der Waals surface area contributed by atoms with Gasteiger partial charge >= 0.3 is 5.97 Å². The minimum Gasteiger partial charge on any atom is -0.508 e. The van der Waals surface area contributed by atoms with Crippen molar-refractivity contribution in [3.8, 4) is 22.8 Å². The maximum Gasteiger partial charge on any atom is 0.354 e. The molecular weight excluding hydrogens is 224 g/mol. The second kappa shape index (κ2) is 3.82. The van der Waals surface area contributed by atoms with Gasteiger partial charge in [-0.25, -0.2) is 4.79 Å². The molecule has 0 unspecified atom stereocenters. The third-order valence-electron chi connectivity index (χ3n) is 2.36. The average Bonchev–Trinajstić information content (AvgIpc) is 2.60. The Morgan fingerprint density at radius 3 is 2.53 bits per heavy atom. The molecule has 0 aliphatic heterocycles. The Labute approximate surface area is 96.4 Å². The van der Waals surface area contributed by atoms with E-state index in [1.165, 1.54) is 36.0 Å². The van der Waals surface area contributed by atoms with Crippen LogP contribution in [-0.4, -0.2) is 31.1 Å². The van der Waals surface area contributed by atoms with E-state index in [4.69, 9.17) is 10.2 Å². The highest BCUT2D eigenvalue weighted by molar-refractivity contribution is 5.87. The van der Waals surface area contributed by atoms with Crippen molar-refractivity contribution in [3.63, 3.8) is 0 Å². The molecule has 0 spiro atoms. The summed E-state index contributed by atoms with van der Waals surface area (Å²) in [5.74, 6) is -1.31. The van der Waals surface area contributed by atoms with Crippen LogP contribution in [0, 0.1) is 0 Å². The van der Waals surface area contributed by atoms with Crippen LogP contribution in [0.2, 0.25) is 0 Å². The van der Waals surface area contributed by atoms with Crippen LogP contribution in [0.4, 0.5) is 0 Å². The molecule has 0 aliphatic rings. The number of aromatic nitrogens is 2. The maximum absolute atomic E-state index is 10.8. The number of carboxylic acids is 1. The second-order valence-corrected chi connectivity index (χ2v) is 3.55. The largest absolute Gasteiger partial charge is 0.508 e. The van der Waals surface area contributed by atoms with Gasteiger partial charge < -0.3 is 15.3 Å². The van der Waals surface area contributed by atoms with E-state index in [1.807, 2.05) is 0 Å². The summed E-state index contributed by atoms with van der Waals surface area (Å²) in [6.45, 7) is 0. The standard InChI is InChI=1S/C11H10N2O4/c1-13-9(11(16)17)5-8(12-13)7-3-2-6(14)4-10(7)15/h2-5,14-15H,1H3,(H,16,17). The maximum atomic E-state index is 10.8. The number of carboxylic acid groups (broad SMARTS) is 1. The van der Waals surface area contributed by atoms with E-state index in [1.54, 1.807) is 0 Å². The van der Waals surface area contributed by atoms with Crippen molar-refractivity contribution in [3.05, 3.63) is 30.0 Å². The summed E-state index contributed by atoms with van der Waals surface area (Å²) in [6, 6.07) is 5.39. The quantitative estimate of drug-likeness (QED) is 0.725. The number of nitrogens with zero attached hydrogens (tertiary/aromatic N) is 2. The zero-order valence-corrected chi connectivity index (χ0v) is 8.95. The minimum absolute atomic E-state index is 0.0208. The monoisotopic (exact) mass is 234 g/mol. The van der Waals surface area contributed by atoms with Crippen molar-refractivity contribution in [2.75, 3.05) is 0 Å². The summed E-state index contributed by atoms with van der Waals surface area (Å²) in [5, 5.41) is 31.6. The van der Waals surface area contributed by atoms with Gasteiger partial charge in [-0.05, 0) is 18.2 Å². The average molecular weight is 234 g/mol. The van der Waals surface area contributed by atoms with Crippen molar-refractivity contribution in [1.29, 1.82) is 0 Å². The van der Waals surface area contributed by atoms with E-state index < -0.39 is 5.97 Å². The normalized spacial score (nSPS) is 10.4. The van der Waals surface area contributed by atoms with Crippen molar-refractivity contribution in [2.24, 2.45) is 7.05 Å². The van der Waals surface area contributed by atoms with Gasteiger partial charge in [0.25, 0.3) is 0 Å². The zero-order chi connectivity index (χ0) is 12.6. The first kappa shape index (κ1) is 11.0. The van der Waals surface area contributed by atoms with Gasteiger partial charge in [-0.1, -0.05) is 0 Å². The highest BCUT2D eigenvalue weighted by Gasteiger charge is 2.15. The molecule has 3 N–H and O–H groups in total. The fourth-order valence-corrected chi connectivity index (χ4v) is 1.54. The fourth-order valence-electron chi connectivity index (χ4n) is 1.54. The summed E-state index contributed by atoms with van der Waals surface area (Å²) in [4.78, 5) is 10.8. The van der Waals surface area contributed by atoms with Gasteiger partial charge in [-0.2, -0.15) is 5.10 Å². The van der Waals surface area contributed by atoms with Crippen LogP contribution in [-0.2, 0) is 7.05 Å². The van der Waals surface area contributed by atoms with Crippen LogP contribution in [0.3, 0.4) is 0 Å². The molecule has 6 nitrogen and oxygen atoms in total. The van der Waals surface area contributed by atoms with Gasteiger partial charge in [0.15, 0.2) is 0 Å². The van der Waals surface area contributed by atoms with Crippen LogP contribution in [0.25, 0.3) is 11.3 Å². The SMILES string of the molecule is Cn1nc(-c2ccc(O)cc2O)cc1C(=O)O. The van der Waals surface area contributed by atoms with Gasteiger partial charge in [0, 0.05) is 18.7 Å². The number of rotatable bonds is 2. The molecule has 0 atom stereocenters. The fraction of sp³-hybridized carbons (Fsp3) is 0.0909. The van der Waals surface area contributed by atoms with E-state index in [2.05, 4.69) is 5.10 Å². The predicted molar refractivity (Wildman–Crippen MR) is 58.9 cm³/mol. The summed E-state index contributed by atoms with van der Waals surface area (Å²) in [6.07, 6.45) is 0. The first-order chi connectivity index (χ1) is 7.99. The number of phenols is 2. The zero-order valence-electron chi connectivity index (χ0n) is 8.95. The first-order valence-electron chi connectivity index (χ1n) is 4.78. The lowest BCUT2D eigenvalue weighted by atomic mass is 10.1. The Hall–Kier alpha value is -2.50. The Balaban J connectivity index is 2.53. The predicted octanol–water partition coefficient (Wildman–Crippen LogP) is 1.20. The second-order valence-electron chi connectivity index (χ2n) is 3.55. The number of phenolic OH excluding ortho intramolecular Hbond substituents is 2.